The topological polar surface area (TPSA) is 0 Å². The molecule has 14 heavy (non-hydrogen) atoms. The summed E-state index contributed by atoms with van der Waals surface area (Å²) in [4.78, 5) is 0. The molecule has 0 amide bonds. The van der Waals surface area contributed by atoms with Gasteiger partial charge in [-0.2, -0.15) is 0 Å². The number of terminal acetylenes is 1. The number of allylic oxidation sites excluding steroid dienone is 1. The lowest BCUT2D eigenvalue weighted by molar-refractivity contribution is 0.376. The van der Waals surface area contributed by atoms with Crippen molar-refractivity contribution in [2.75, 3.05) is 0 Å². The van der Waals surface area contributed by atoms with Crippen LogP contribution in [0.1, 0.15) is 51.4 Å². The highest BCUT2D eigenvalue weighted by Gasteiger charge is 1.99. The van der Waals surface area contributed by atoms with E-state index in [0.717, 1.165) is 19.3 Å². The molecule has 0 aromatic rings. The number of hydrogen-bond acceptors (Lipinski definition) is 0. The van der Waals surface area contributed by atoms with E-state index < -0.39 is 6.17 Å². The number of rotatable bonds is 9. The fourth-order valence-corrected chi connectivity index (χ4v) is 1.40. The Morgan fingerprint density at radius 1 is 1.14 bits per heavy atom. The molecule has 0 heterocycles. The third kappa shape index (κ3) is 9.32. The van der Waals surface area contributed by atoms with Gasteiger partial charge in [0, 0.05) is 0 Å². The van der Waals surface area contributed by atoms with Crippen molar-refractivity contribution in [3.63, 3.8) is 0 Å². The fourth-order valence-electron chi connectivity index (χ4n) is 1.40. The third-order valence-electron chi connectivity index (χ3n) is 2.30. The first-order valence-electron chi connectivity index (χ1n) is 5.52. The molecule has 0 rings (SSSR count). The predicted molar refractivity (Wildman–Crippen MR) is 60.9 cm³/mol. The van der Waals surface area contributed by atoms with E-state index in [2.05, 4.69) is 12.5 Å². The summed E-state index contributed by atoms with van der Waals surface area (Å²) in [6.07, 6.45) is 14.5. The first-order chi connectivity index (χ1) is 6.81. The second kappa shape index (κ2) is 10.3. The van der Waals surface area contributed by atoms with Crippen molar-refractivity contribution in [3.05, 3.63) is 12.7 Å². The minimum atomic E-state index is -1.03. The first-order valence-corrected chi connectivity index (χ1v) is 5.52. The van der Waals surface area contributed by atoms with Gasteiger partial charge < -0.3 is 0 Å². The number of alkyl halides is 1. The fraction of sp³-hybridized carbons (Fsp3) is 0.692. The van der Waals surface area contributed by atoms with Crippen molar-refractivity contribution < 1.29 is 4.39 Å². The SMILES string of the molecule is C#CC(F)CCCCCCCCC=C. The maximum atomic E-state index is 12.6. The van der Waals surface area contributed by atoms with Gasteiger partial charge in [0.25, 0.3) is 0 Å². The molecule has 80 valence electrons. The van der Waals surface area contributed by atoms with E-state index in [9.17, 15) is 4.39 Å². The maximum absolute atomic E-state index is 12.6. The van der Waals surface area contributed by atoms with Crippen molar-refractivity contribution in [1.82, 2.24) is 0 Å². The zero-order chi connectivity index (χ0) is 10.6. The number of halogens is 1. The van der Waals surface area contributed by atoms with Crippen LogP contribution in [0.15, 0.2) is 12.7 Å². The van der Waals surface area contributed by atoms with Crippen LogP contribution in [0.5, 0.6) is 0 Å². The second-order valence-corrected chi connectivity index (χ2v) is 3.62. The molecule has 0 aliphatic carbocycles. The van der Waals surface area contributed by atoms with Gasteiger partial charge in [-0.15, -0.1) is 13.0 Å². The lowest BCUT2D eigenvalue weighted by Crippen LogP contribution is -1.94. The van der Waals surface area contributed by atoms with Gasteiger partial charge in [0.05, 0.1) is 0 Å². The van der Waals surface area contributed by atoms with E-state index in [1.807, 2.05) is 6.08 Å². The lowest BCUT2D eigenvalue weighted by atomic mass is 10.1. The minimum absolute atomic E-state index is 0.531. The van der Waals surface area contributed by atoms with E-state index >= 15 is 0 Å². The predicted octanol–water partition coefficient (Wildman–Crippen LogP) is 4.26. The summed E-state index contributed by atoms with van der Waals surface area (Å²) in [5, 5.41) is 0. The Bertz CT molecular complexity index is 167. The molecule has 0 saturated carbocycles. The Morgan fingerprint density at radius 3 is 2.29 bits per heavy atom. The molecule has 0 aromatic heterocycles. The molecule has 0 fully saturated rings. The Labute approximate surface area is 87.6 Å². The van der Waals surface area contributed by atoms with Gasteiger partial charge in [-0.25, -0.2) is 4.39 Å². The summed E-state index contributed by atoms with van der Waals surface area (Å²) in [5.41, 5.74) is 0. The van der Waals surface area contributed by atoms with Gasteiger partial charge in [0.1, 0.15) is 0 Å². The molecule has 0 N–H and O–H groups in total. The van der Waals surface area contributed by atoms with Crippen LogP contribution in [-0.4, -0.2) is 6.17 Å². The van der Waals surface area contributed by atoms with Crippen LogP contribution in [0.3, 0.4) is 0 Å². The van der Waals surface area contributed by atoms with Crippen molar-refractivity contribution in [2.24, 2.45) is 0 Å². The summed E-state index contributed by atoms with van der Waals surface area (Å²) in [7, 11) is 0. The van der Waals surface area contributed by atoms with Gasteiger partial charge in [-0.3, -0.25) is 0 Å². The molecule has 1 unspecified atom stereocenters. The van der Waals surface area contributed by atoms with Crippen LogP contribution in [-0.2, 0) is 0 Å². The van der Waals surface area contributed by atoms with Crippen LogP contribution < -0.4 is 0 Å². The Hall–Kier alpha value is -0.770. The van der Waals surface area contributed by atoms with Gasteiger partial charge in [0.2, 0.25) is 0 Å². The van der Waals surface area contributed by atoms with Crippen molar-refractivity contribution in [2.45, 2.75) is 57.5 Å². The normalized spacial score (nSPS) is 12.0. The molecular weight excluding hydrogens is 175 g/mol. The third-order valence-corrected chi connectivity index (χ3v) is 2.30. The standard InChI is InChI=1S/C13H21F/c1-3-5-6-7-8-9-10-11-12-13(14)4-2/h2-3,13H,1,5-12H2. The van der Waals surface area contributed by atoms with Crippen LogP contribution in [0.25, 0.3) is 0 Å². The van der Waals surface area contributed by atoms with Gasteiger partial charge in [-0.05, 0) is 25.7 Å². The summed E-state index contributed by atoms with van der Waals surface area (Å²) in [6.45, 7) is 3.68. The molecule has 0 bridgehead atoms. The summed E-state index contributed by atoms with van der Waals surface area (Å²) < 4.78 is 12.6. The maximum Gasteiger partial charge on any atom is 0.160 e. The molecule has 0 aliphatic rings. The van der Waals surface area contributed by atoms with Crippen molar-refractivity contribution >= 4 is 0 Å². The van der Waals surface area contributed by atoms with Gasteiger partial charge >= 0.3 is 0 Å². The quantitative estimate of drug-likeness (QED) is 0.293. The van der Waals surface area contributed by atoms with Crippen molar-refractivity contribution in [1.29, 1.82) is 0 Å². The molecule has 0 saturated heterocycles. The Balaban J connectivity index is 2.99. The van der Waals surface area contributed by atoms with E-state index in [0.29, 0.717) is 6.42 Å². The summed E-state index contributed by atoms with van der Waals surface area (Å²) in [6, 6.07) is 0. The van der Waals surface area contributed by atoms with Crippen LogP contribution >= 0.6 is 0 Å². The van der Waals surface area contributed by atoms with Crippen molar-refractivity contribution in [3.8, 4) is 12.3 Å². The van der Waals surface area contributed by atoms with Gasteiger partial charge in [-0.1, -0.05) is 37.7 Å². The highest BCUT2D eigenvalue weighted by molar-refractivity contribution is 4.93. The average Bonchev–Trinajstić information content (AvgIpc) is 2.21. The van der Waals surface area contributed by atoms with E-state index in [1.165, 1.54) is 25.7 Å². The van der Waals surface area contributed by atoms with E-state index in [-0.39, 0.29) is 0 Å². The molecular formula is C13H21F. The molecule has 0 spiro atoms. The lowest BCUT2D eigenvalue weighted by Gasteiger charge is -2.01. The summed E-state index contributed by atoms with van der Waals surface area (Å²) in [5.74, 6) is 2.11. The molecule has 1 heteroatoms. The Kier molecular flexibility index (Phi) is 9.74. The second-order valence-electron chi connectivity index (χ2n) is 3.62. The Morgan fingerprint density at radius 2 is 1.71 bits per heavy atom. The summed E-state index contributed by atoms with van der Waals surface area (Å²) >= 11 is 0. The van der Waals surface area contributed by atoms with Gasteiger partial charge in [0.15, 0.2) is 6.17 Å². The molecule has 0 aliphatic heterocycles. The molecule has 0 aromatic carbocycles. The number of hydrogen-bond donors (Lipinski definition) is 0. The van der Waals surface area contributed by atoms with Crippen LogP contribution in [0, 0.1) is 12.3 Å². The van der Waals surface area contributed by atoms with Crippen LogP contribution in [0.2, 0.25) is 0 Å². The van der Waals surface area contributed by atoms with E-state index in [4.69, 9.17) is 6.42 Å². The minimum Gasteiger partial charge on any atom is -0.233 e. The smallest absolute Gasteiger partial charge is 0.160 e. The molecule has 0 nitrogen and oxygen atoms in total. The molecule has 0 radical (unpaired) electrons. The highest BCUT2D eigenvalue weighted by atomic mass is 19.1. The molecule has 1 atom stereocenters. The first kappa shape index (κ1) is 13.2. The number of unbranched alkanes of at least 4 members (excludes halogenated alkanes) is 6. The van der Waals surface area contributed by atoms with E-state index in [1.54, 1.807) is 0 Å². The average molecular weight is 196 g/mol. The highest BCUT2D eigenvalue weighted by Crippen LogP contribution is 2.10. The monoisotopic (exact) mass is 196 g/mol. The zero-order valence-electron chi connectivity index (χ0n) is 8.97. The zero-order valence-corrected chi connectivity index (χ0v) is 8.97. The largest absolute Gasteiger partial charge is 0.233 e. The van der Waals surface area contributed by atoms with Crippen LogP contribution in [0.4, 0.5) is 4.39 Å².